The predicted molar refractivity (Wildman–Crippen MR) is 132 cm³/mol. The molecule has 0 bridgehead atoms. The lowest BCUT2D eigenvalue weighted by Gasteiger charge is -2.22. The molecule has 0 saturated heterocycles. The Hall–Kier alpha value is -3.36. The van der Waals surface area contributed by atoms with Crippen LogP contribution in [-0.4, -0.2) is 39.1 Å². The Bertz CT molecular complexity index is 1320. The highest BCUT2D eigenvalue weighted by atomic mass is 32.2. The van der Waals surface area contributed by atoms with Gasteiger partial charge in [0.15, 0.2) is 0 Å². The molecule has 1 atom stereocenters. The molecule has 1 aliphatic rings. The molecular formula is C25H21N3O3S2. The number of para-hydroxylation sites is 1. The van der Waals surface area contributed by atoms with Crippen molar-refractivity contribution in [1.29, 1.82) is 0 Å². The van der Waals surface area contributed by atoms with Gasteiger partial charge in [-0.05, 0) is 30.0 Å². The Morgan fingerprint density at radius 1 is 1.09 bits per heavy atom. The van der Waals surface area contributed by atoms with Crippen LogP contribution >= 0.6 is 23.1 Å². The third kappa shape index (κ3) is 3.96. The Morgan fingerprint density at radius 2 is 1.85 bits per heavy atom. The van der Waals surface area contributed by atoms with Gasteiger partial charge in [0.1, 0.15) is 12.4 Å². The van der Waals surface area contributed by atoms with Gasteiger partial charge in [0.2, 0.25) is 5.91 Å². The minimum Gasteiger partial charge on any atom is -0.480 e. The summed E-state index contributed by atoms with van der Waals surface area (Å²) in [5.74, 6) is -0.587. The molecule has 0 saturated carbocycles. The molecule has 2 aromatic heterocycles. The van der Waals surface area contributed by atoms with E-state index in [1.165, 1.54) is 16.7 Å². The summed E-state index contributed by atoms with van der Waals surface area (Å²) in [5, 5.41) is 16.5. The van der Waals surface area contributed by atoms with E-state index in [4.69, 9.17) is 5.10 Å². The van der Waals surface area contributed by atoms with Gasteiger partial charge in [0, 0.05) is 16.0 Å². The number of carboxylic acid groups (broad SMARTS) is 1. The third-order valence-corrected chi connectivity index (χ3v) is 7.90. The SMILES string of the molecule is Cc1ccccc1-n1nc(-c2ccccc2)c2c1N(CC(=O)O)C(=O)CSC2c1cccs1. The summed E-state index contributed by atoms with van der Waals surface area (Å²) in [5.41, 5.74) is 4.34. The number of thioether (sulfide) groups is 1. The maximum atomic E-state index is 13.2. The molecule has 1 unspecified atom stereocenters. The van der Waals surface area contributed by atoms with Crippen LogP contribution in [0.3, 0.4) is 0 Å². The molecule has 0 spiro atoms. The molecule has 3 heterocycles. The molecule has 2 aromatic carbocycles. The maximum absolute atomic E-state index is 13.2. The van der Waals surface area contributed by atoms with Crippen molar-refractivity contribution in [3.05, 3.63) is 88.1 Å². The Labute approximate surface area is 199 Å². The summed E-state index contributed by atoms with van der Waals surface area (Å²) in [6, 6.07) is 21.7. The van der Waals surface area contributed by atoms with E-state index in [0.29, 0.717) is 5.82 Å². The number of aryl methyl sites for hydroxylation is 1. The first-order chi connectivity index (χ1) is 16.0. The number of nitrogens with zero attached hydrogens (tertiary/aromatic N) is 3. The maximum Gasteiger partial charge on any atom is 0.323 e. The van der Waals surface area contributed by atoms with Crippen LogP contribution in [0.25, 0.3) is 16.9 Å². The van der Waals surface area contributed by atoms with E-state index < -0.39 is 12.5 Å². The smallest absolute Gasteiger partial charge is 0.323 e. The molecule has 0 aliphatic carbocycles. The van der Waals surface area contributed by atoms with E-state index in [-0.39, 0.29) is 16.9 Å². The van der Waals surface area contributed by atoms with Gasteiger partial charge in [0.25, 0.3) is 0 Å². The number of carboxylic acids is 1. The number of aliphatic carboxylic acids is 1. The fourth-order valence-corrected chi connectivity index (χ4v) is 6.27. The number of hydrogen-bond acceptors (Lipinski definition) is 5. The van der Waals surface area contributed by atoms with Gasteiger partial charge in [-0.15, -0.1) is 23.1 Å². The van der Waals surface area contributed by atoms with Crippen molar-refractivity contribution in [2.75, 3.05) is 17.2 Å². The van der Waals surface area contributed by atoms with E-state index in [1.54, 1.807) is 16.0 Å². The Balaban J connectivity index is 1.87. The van der Waals surface area contributed by atoms with Crippen LogP contribution < -0.4 is 4.90 Å². The van der Waals surface area contributed by atoms with Gasteiger partial charge in [-0.3, -0.25) is 14.5 Å². The second-order valence-corrected chi connectivity index (χ2v) is 9.80. The second-order valence-electron chi connectivity index (χ2n) is 7.73. The van der Waals surface area contributed by atoms with Crippen LogP contribution in [0.1, 0.15) is 21.3 Å². The second kappa shape index (κ2) is 8.88. The van der Waals surface area contributed by atoms with Crippen molar-refractivity contribution >= 4 is 40.8 Å². The van der Waals surface area contributed by atoms with E-state index in [2.05, 4.69) is 6.07 Å². The van der Waals surface area contributed by atoms with E-state index in [9.17, 15) is 14.7 Å². The van der Waals surface area contributed by atoms with Crippen LogP contribution in [0.4, 0.5) is 5.82 Å². The molecule has 6 nitrogen and oxygen atoms in total. The number of rotatable bonds is 5. The van der Waals surface area contributed by atoms with Crippen LogP contribution in [0.2, 0.25) is 0 Å². The van der Waals surface area contributed by atoms with Crippen LogP contribution in [0, 0.1) is 6.92 Å². The zero-order valence-electron chi connectivity index (χ0n) is 17.8. The molecule has 1 amide bonds. The summed E-state index contributed by atoms with van der Waals surface area (Å²) < 4.78 is 1.75. The molecule has 0 fully saturated rings. The van der Waals surface area contributed by atoms with Crippen LogP contribution in [0.5, 0.6) is 0 Å². The fraction of sp³-hybridized carbons (Fsp3) is 0.160. The monoisotopic (exact) mass is 475 g/mol. The highest BCUT2D eigenvalue weighted by Crippen LogP contribution is 2.49. The van der Waals surface area contributed by atoms with Crippen LogP contribution in [-0.2, 0) is 9.59 Å². The zero-order chi connectivity index (χ0) is 22.9. The van der Waals surface area contributed by atoms with Gasteiger partial charge in [-0.2, -0.15) is 5.10 Å². The first-order valence-corrected chi connectivity index (χ1v) is 12.4. The zero-order valence-corrected chi connectivity index (χ0v) is 19.5. The fourth-order valence-electron chi connectivity index (χ4n) is 4.10. The summed E-state index contributed by atoms with van der Waals surface area (Å²) in [4.78, 5) is 27.5. The summed E-state index contributed by atoms with van der Waals surface area (Å²) in [6.45, 7) is 1.56. The summed E-state index contributed by atoms with van der Waals surface area (Å²) in [7, 11) is 0. The first-order valence-electron chi connectivity index (χ1n) is 10.5. The number of thiophene rings is 1. The van der Waals surface area contributed by atoms with Gasteiger partial charge >= 0.3 is 5.97 Å². The van der Waals surface area contributed by atoms with Crippen molar-refractivity contribution < 1.29 is 14.7 Å². The minimum atomic E-state index is -1.06. The van der Waals surface area contributed by atoms with Crippen LogP contribution in [0.15, 0.2) is 72.1 Å². The summed E-state index contributed by atoms with van der Waals surface area (Å²) in [6.07, 6.45) is 0. The highest BCUT2D eigenvalue weighted by Gasteiger charge is 2.38. The van der Waals surface area contributed by atoms with Gasteiger partial charge in [-0.1, -0.05) is 54.6 Å². The number of carbonyl (C=O) groups is 2. The molecule has 166 valence electrons. The lowest BCUT2D eigenvalue weighted by Crippen LogP contribution is -2.38. The molecule has 5 rings (SSSR count). The molecule has 33 heavy (non-hydrogen) atoms. The van der Waals surface area contributed by atoms with E-state index >= 15 is 0 Å². The van der Waals surface area contributed by atoms with E-state index in [1.807, 2.05) is 73.0 Å². The minimum absolute atomic E-state index is 0.143. The molecule has 1 N–H and O–H groups in total. The first kappa shape index (κ1) is 21.5. The van der Waals surface area contributed by atoms with Crippen molar-refractivity contribution in [1.82, 2.24) is 9.78 Å². The molecule has 4 aromatic rings. The van der Waals surface area contributed by atoms with Crippen molar-refractivity contribution in [3.63, 3.8) is 0 Å². The van der Waals surface area contributed by atoms with E-state index in [0.717, 1.165) is 32.9 Å². The molecule has 8 heteroatoms. The highest BCUT2D eigenvalue weighted by molar-refractivity contribution is 8.00. The lowest BCUT2D eigenvalue weighted by atomic mass is 10.0. The van der Waals surface area contributed by atoms with Gasteiger partial charge in [-0.25, -0.2) is 4.68 Å². The number of hydrogen-bond donors (Lipinski definition) is 1. The third-order valence-electron chi connectivity index (χ3n) is 5.57. The standard InChI is InChI=1S/C25H21N3O3S2/c1-16-8-5-6-11-18(16)28-25-22(23(26-28)17-9-3-2-4-10-17)24(19-12-7-13-32-19)33-15-20(29)27(25)14-21(30)31/h2-13,24H,14-15H2,1H3,(H,30,31). The molecular weight excluding hydrogens is 454 g/mol. The number of amides is 1. The Morgan fingerprint density at radius 3 is 2.55 bits per heavy atom. The largest absolute Gasteiger partial charge is 0.480 e. The number of anilines is 1. The molecule has 0 radical (unpaired) electrons. The normalized spacial score (nSPS) is 15.8. The number of aromatic nitrogens is 2. The topological polar surface area (TPSA) is 75.4 Å². The van der Waals surface area contributed by atoms with Crippen molar-refractivity contribution in [3.8, 4) is 16.9 Å². The van der Waals surface area contributed by atoms with Crippen molar-refractivity contribution in [2.45, 2.75) is 12.2 Å². The summed E-state index contributed by atoms with van der Waals surface area (Å²) >= 11 is 3.14. The molecule has 1 aliphatic heterocycles. The van der Waals surface area contributed by atoms with Gasteiger partial charge < -0.3 is 5.11 Å². The Kier molecular flexibility index (Phi) is 5.78. The average Bonchev–Trinajstić information content (AvgIpc) is 3.45. The predicted octanol–water partition coefficient (Wildman–Crippen LogP) is 5.16. The number of fused-ring (bicyclic) bond motifs is 1. The van der Waals surface area contributed by atoms with Gasteiger partial charge in [0.05, 0.1) is 22.4 Å². The van der Waals surface area contributed by atoms with Crippen molar-refractivity contribution in [2.24, 2.45) is 0 Å². The quantitative estimate of drug-likeness (QED) is 0.431. The average molecular weight is 476 g/mol. The lowest BCUT2D eigenvalue weighted by molar-refractivity contribution is -0.136. The number of carbonyl (C=O) groups excluding carboxylic acids is 1. The number of benzene rings is 2.